The number of thioether (sulfide) groups is 1. The summed E-state index contributed by atoms with van der Waals surface area (Å²) in [5, 5.41) is 5.67. The van der Waals surface area contributed by atoms with Gasteiger partial charge in [-0.2, -0.15) is 0 Å². The van der Waals surface area contributed by atoms with E-state index < -0.39 is 0 Å². The van der Waals surface area contributed by atoms with Gasteiger partial charge < -0.3 is 10.6 Å². The average Bonchev–Trinajstić information content (AvgIpc) is 2.58. The molecule has 2 aromatic rings. The van der Waals surface area contributed by atoms with E-state index in [1.54, 1.807) is 0 Å². The van der Waals surface area contributed by atoms with Gasteiger partial charge in [0.1, 0.15) is 0 Å². The second-order valence-electron chi connectivity index (χ2n) is 6.34. The fourth-order valence-corrected chi connectivity index (χ4v) is 3.52. The van der Waals surface area contributed by atoms with E-state index in [9.17, 15) is 9.59 Å². The number of amides is 2. The predicted octanol–water partition coefficient (Wildman–Crippen LogP) is 5.16. The summed E-state index contributed by atoms with van der Waals surface area (Å²) in [4.78, 5) is 25.3. The van der Waals surface area contributed by atoms with Crippen LogP contribution in [0.2, 0.25) is 0 Å². The van der Waals surface area contributed by atoms with Gasteiger partial charge in [0, 0.05) is 22.7 Å². The number of hydrogen-bond donors (Lipinski definition) is 2. The highest BCUT2D eigenvalue weighted by Gasteiger charge is 2.16. The maximum atomic E-state index is 12.6. The molecule has 1 atom stereocenters. The summed E-state index contributed by atoms with van der Waals surface area (Å²) in [7, 11) is 0. The summed E-state index contributed by atoms with van der Waals surface area (Å²) >= 11 is 1.47. The highest BCUT2D eigenvalue weighted by molar-refractivity contribution is 8.00. The van der Waals surface area contributed by atoms with Crippen molar-refractivity contribution >= 4 is 35.0 Å². The van der Waals surface area contributed by atoms with E-state index in [1.807, 2.05) is 70.2 Å². The van der Waals surface area contributed by atoms with Gasteiger partial charge in [-0.3, -0.25) is 9.59 Å². The van der Waals surface area contributed by atoms with Crippen molar-refractivity contribution in [1.29, 1.82) is 0 Å². The zero-order valence-corrected chi connectivity index (χ0v) is 16.6. The lowest BCUT2D eigenvalue weighted by Crippen LogP contribution is -2.23. The molecule has 4 nitrogen and oxygen atoms in total. The van der Waals surface area contributed by atoms with Gasteiger partial charge in [-0.15, -0.1) is 11.8 Å². The minimum atomic E-state index is -0.254. The van der Waals surface area contributed by atoms with Gasteiger partial charge in [0.15, 0.2) is 0 Å². The second-order valence-corrected chi connectivity index (χ2v) is 7.76. The molecular weight excluding hydrogens is 344 g/mol. The third kappa shape index (κ3) is 5.63. The van der Waals surface area contributed by atoms with Gasteiger partial charge in [-0.05, 0) is 56.5 Å². The molecule has 0 spiro atoms. The third-order valence-electron chi connectivity index (χ3n) is 4.01. The molecule has 5 heteroatoms. The maximum Gasteiger partial charge on any atom is 0.237 e. The largest absolute Gasteiger partial charge is 0.326 e. The standard InChI is InChI=1S/C21H26N2O2S/c1-5-8-19(24)22-17-11-7-12-18(13-17)26-16(4)21(25)23-20-14(2)9-6-10-15(20)3/h6-7,9-13,16H,5,8H2,1-4H3,(H,22,24)(H,23,25). The molecule has 0 bridgehead atoms. The molecule has 2 aromatic carbocycles. The molecule has 0 fully saturated rings. The van der Waals surface area contributed by atoms with Crippen LogP contribution < -0.4 is 10.6 Å². The summed E-state index contributed by atoms with van der Waals surface area (Å²) in [6, 6.07) is 13.6. The van der Waals surface area contributed by atoms with Crippen molar-refractivity contribution in [1.82, 2.24) is 0 Å². The summed E-state index contributed by atoms with van der Waals surface area (Å²) in [6.07, 6.45) is 1.32. The Bertz CT molecular complexity index is 769. The molecule has 0 saturated heterocycles. The van der Waals surface area contributed by atoms with E-state index in [0.717, 1.165) is 33.8 Å². The fraction of sp³-hybridized carbons (Fsp3) is 0.333. The Balaban J connectivity index is 2.01. The molecule has 0 radical (unpaired) electrons. The number of carbonyl (C=O) groups excluding carboxylic acids is 2. The summed E-state index contributed by atoms with van der Waals surface area (Å²) in [5.74, 6) is -0.0247. The van der Waals surface area contributed by atoms with Crippen LogP contribution in [0.5, 0.6) is 0 Å². The molecule has 0 aliphatic carbocycles. The number of nitrogens with one attached hydrogen (secondary N) is 2. The van der Waals surface area contributed by atoms with Gasteiger partial charge in [-0.1, -0.05) is 31.2 Å². The first kappa shape index (κ1) is 20.0. The molecule has 0 heterocycles. The van der Waals surface area contributed by atoms with E-state index in [-0.39, 0.29) is 17.1 Å². The van der Waals surface area contributed by atoms with Crippen LogP contribution in [0, 0.1) is 13.8 Å². The first-order chi connectivity index (χ1) is 12.4. The summed E-state index contributed by atoms with van der Waals surface area (Å²) in [6.45, 7) is 7.84. The minimum absolute atomic E-state index is 0.00969. The van der Waals surface area contributed by atoms with Gasteiger partial charge in [-0.25, -0.2) is 0 Å². The molecule has 0 aliphatic heterocycles. The van der Waals surface area contributed by atoms with Crippen molar-refractivity contribution in [3.63, 3.8) is 0 Å². The number of anilines is 2. The SMILES string of the molecule is CCCC(=O)Nc1cccc(SC(C)C(=O)Nc2c(C)cccc2C)c1. The summed E-state index contributed by atoms with van der Waals surface area (Å²) in [5.41, 5.74) is 3.74. The van der Waals surface area contributed by atoms with Crippen LogP contribution >= 0.6 is 11.8 Å². The fourth-order valence-electron chi connectivity index (χ4n) is 2.59. The van der Waals surface area contributed by atoms with Crippen molar-refractivity contribution in [3.05, 3.63) is 53.6 Å². The van der Waals surface area contributed by atoms with Gasteiger partial charge in [0.2, 0.25) is 11.8 Å². The van der Waals surface area contributed by atoms with Crippen molar-refractivity contribution in [2.24, 2.45) is 0 Å². The molecule has 0 saturated carbocycles. The van der Waals surface area contributed by atoms with Crippen LogP contribution in [0.25, 0.3) is 0 Å². The molecule has 2 rings (SSSR count). The zero-order valence-electron chi connectivity index (χ0n) is 15.8. The van der Waals surface area contributed by atoms with Crippen molar-refractivity contribution < 1.29 is 9.59 Å². The first-order valence-electron chi connectivity index (χ1n) is 8.84. The monoisotopic (exact) mass is 370 g/mol. The molecule has 26 heavy (non-hydrogen) atoms. The van der Waals surface area contributed by atoms with Gasteiger partial charge in [0.25, 0.3) is 0 Å². The Hall–Kier alpha value is -2.27. The second kappa shape index (κ2) is 9.43. The number of hydrogen-bond acceptors (Lipinski definition) is 3. The highest BCUT2D eigenvalue weighted by Crippen LogP contribution is 2.27. The van der Waals surface area contributed by atoms with Crippen LogP contribution in [0.15, 0.2) is 47.4 Å². The lowest BCUT2D eigenvalue weighted by molar-refractivity contribution is -0.116. The Kier molecular flexibility index (Phi) is 7.27. The van der Waals surface area contributed by atoms with E-state index in [4.69, 9.17) is 0 Å². The molecular formula is C21H26N2O2S. The van der Waals surface area contributed by atoms with Crippen molar-refractivity contribution in [2.75, 3.05) is 10.6 Å². The van der Waals surface area contributed by atoms with Crippen LogP contribution in [0.4, 0.5) is 11.4 Å². The summed E-state index contributed by atoms with van der Waals surface area (Å²) < 4.78 is 0. The topological polar surface area (TPSA) is 58.2 Å². The highest BCUT2D eigenvalue weighted by atomic mass is 32.2. The number of carbonyl (C=O) groups is 2. The smallest absolute Gasteiger partial charge is 0.237 e. The molecule has 2 amide bonds. The minimum Gasteiger partial charge on any atom is -0.326 e. The quantitative estimate of drug-likeness (QED) is 0.662. The number of para-hydroxylation sites is 1. The molecule has 0 aliphatic rings. The Morgan fingerprint density at radius 1 is 1.04 bits per heavy atom. The lowest BCUT2D eigenvalue weighted by atomic mass is 10.1. The first-order valence-corrected chi connectivity index (χ1v) is 9.72. The van der Waals surface area contributed by atoms with Gasteiger partial charge >= 0.3 is 0 Å². The third-order valence-corrected chi connectivity index (χ3v) is 5.10. The van der Waals surface area contributed by atoms with Crippen LogP contribution in [-0.4, -0.2) is 17.1 Å². The van der Waals surface area contributed by atoms with E-state index in [1.165, 1.54) is 11.8 Å². The average molecular weight is 371 g/mol. The van der Waals surface area contributed by atoms with Crippen LogP contribution in [-0.2, 0) is 9.59 Å². The van der Waals surface area contributed by atoms with Crippen LogP contribution in [0.1, 0.15) is 37.8 Å². The van der Waals surface area contributed by atoms with Gasteiger partial charge in [0.05, 0.1) is 5.25 Å². The number of benzene rings is 2. The Morgan fingerprint density at radius 2 is 1.69 bits per heavy atom. The van der Waals surface area contributed by atoms with Crippen LogP contribution in [0.3, 0.4) is 0 Å². The lowest BCUT2D eigenvalue weighted by Gasteiger charge is -2.16. The number of aryl methyl sites for hydroxylation is 2. The van der Waals surface area contributed by atoms with Crippen molar-refractivity contribution in [2.45, 2.75) is 50.7 Å². The van der Waals surface area contributed by atoms with E-state index in [2.05, 4.69) is 10.6 Å². The molecule has 2 N–H and O–H groups in total. The normalized spacial score (nSPS) is 11.7. The predicted molar refractivity (Wildman–Crippen MR) is 110 cm³/mol. The molecule has 0 aromatic heterocycles. The zero-order chi connectivity index (χ0) is 19.1. The molecule has 1 unspecified atom stereocenters. The molecule has 138 valence electrons. The van der Waals surface area contributed by atoms with Crippen molar-refractivity contribution in [3.8, 4) is 0 Å². The van der Waals surface area contributed by atoms with E-state index >= 15 is 0 Å². The van der Waals surface area contributed by atoms with E-state index in [0.29, 0.717) is 6.42 Å². The Morgan fingerprint density at radius 3 is 2.35 bits per heavy atom. The Labute approximate surface area is 159 Å². The maximum absolute atomic E-state index is 12.6. The number of rotatable bonds is 7.